The number of anilines is 1. The van der Waals surface area contributed by atoms with E-state index in [4.69, 9.17) is 14.8 Å². The highest BCUT2D eigenvalue weighted by atomic mass is 16.5. The van der Waals surface area contributed by atoms with Gasteiger partial charge in [0.25, 0.3) is 0 Å². The third kappa shape index (κ3) is 2.74. The second-order valence-corrected chi connectivity index (χ2v) is 5.61. The molecule has 2 aromatic heterocycles. The molecule has 0 aliphatic rings. The fourth-order valence-corrected chi connectivity index (χ4v) is 2.79. The topological polar surface area (TPSA) is 51.5 Å². The number of methoxy groups -OCH3 is 1. The smallest absolute Gasteiger partial charge is 0.165 e. The van der Waals surface area contributed by atoms with E-state index in [-0.39, 0.29) is 0 Å². The summed E-state index contributed by atoms with van der Waals surface area (Å²) in [5.41, 5.74) is 4.79. The molecule has 5 heteroatoms. The monoisotopic (exact) mass is 310 g/mol. The van der Waals surface area contributed by atoms with Crippen LogP contribution in [0.25, 0.3) is 16.8 Å². The molecule has 0 saturated heterocycles. The maximum Gasteiger partial charge on any atom is 0.165 e. The molecule has 0 amide bonds. The zero-order valence-electron chi connectivity index (χ0n) is 14.1. The van der Waals surface area contributed by atoms with E-state index in [2.05, 4.69) is 12.2 Å². The summed E-state index contributed by atoms with van der Waals surface area (Å²) >= 11 is 0. The van der Waals surface area contributed by atoms with Gasteiger partial charge < -0.3 is 10.1 Å². The lowest BCUT2D eigenvalue weighted by molar-refractivity contribution is 0.416. The first-order valence-electron chi connectivity index (χ1n) is 7.90. The van der Waals surface area contributed by atoms with Crippen LogP contribution in [0, 0.1) is 13.8 Å². The summed E-state index contributed by atoms with van der Waals surface area (Å²) in [6, 6.07) is 10.0. The standard InChI is InChI=1S/C18H22N4O/c1-5-10-19-16-11-12(2)20-18-17(13(3)21-22(16)18)14-8-6-7-9-15(14)23-4/h6-9,11,19H,5,10H2,1-4H3. The van der Waals surface area contributed by atoms with Gasteiger partial charge in [0.15, 0.2) is 5.65 Å². The number of hydrogen-bond acceptors (Lipinski definition) is 4. The Morgan fingerprint density at radius 2 is 2.00 bits per heavy atom. The van der Waals surface area contributed by atoms with Crippen LogP contribution in [0.4, 0.5) is 5.82 Å². The van der Waals surface area contributed by atoms with E-state index in [0.717, 1.165) is 52.7 Å². The van der Waals surface area contributed by atoms with E-state index in [0.29, 0.717) is 0 Å². The van der Waals surface area contributed by atoms with Gasteiger partial charge >= 0.3 is 0 Å². The summed E-state index contributed by atoms with van der Waals surface area (Å²) in [6.45, 7) is 7.06. The summed E-state index contributed by atoms with van der Waals surface area (Å²) in [6.07, 6.45) is 1.06. The zero-order chi connectivity index (χ0) is 16.4. The summed E-state index contributed by atoms with van der Waals surface area (Å²) < 4.78 is 7.41. The van der Waals surface area contributed by atoms with E-state index in [1.807, 2.05) is 48.7 Å². The molecule has 1 aromatic carbocycles. The second kappa shape index (κ2) is 6.28. The SMILES string of the molecule is CCCNc1cc(C)nc2c(-c3ccccc3OC)c(C)nn12. The largest absolute Gasteiger partial charge is 0.496 e. The fraction of sp³-hybridized carbons (Fsp3) is 0.333. The zero-order valence-corrected chi connectivity index (χ0v) is 14.1. The number of ether oxygens (including phenoxy) is 1. The molecule has 1 N–H and O–H groups in total. The molecule has 0 bridgehead atoms. The van der Waals surface area contributed by atoms with Gasteiger partial charge in [-0.1, -0.05) is 25.1 Å². The first-order chi connectivity index (χ1) is 11.2. The first kappa shape index (κ1) is 15.3. The third-order valence-electron chi connectivity index (χ3n) is 3.82. The number of nitrogens with zero attached hydrogens (tertiary/aromatic N) is 3. The van der Waals surface area contributed by atoms with Crippen molar-refractivity contribution in [3.05, 3.63) is 41.7 Å². The molecule has 0 fully saturated rings. The highest BCUT2D eigenvalue weighted by Crippen LogP contribution is 2.35. The van der Waals surface area contributed by atoms with Crippen molar-refractivity contribution in [2.24, 2.45) is 0 Å². The van der Waals surface area contributed by atoms with Crippen LogP contribution in [0.2, 0.25) is 0 Å². The highest BCUT2D eigenvalue weighted by molar-refractivity contribution is 5.84. The Bertz CT molecular complexity index is 838. The molecule has 0 spiro atoms. The molecule has 0 radical (unpaired) electrons. The Hall–Kier alpha value is -2.56. The minimum atomic E-state index is 0.830. The Morgan fingerprint density at radius 1 is 1.22 bits per heavy atom. The van der Waals surface area contributed by atoms with Gasteiger partial charge in [-0.2, -0.15) is 9.61 Å². The van der Waals surface area contributed by atoms with Crippen molar-refractivity contribution in [2.45, 2.75) is 27.2 Å². The summed E-state index contributed by atoms with van der Waals surface area (Å²) in [7, 11) is 1.69. The molecule has 0 saturated carbocycles. The van der Waals surface area contributed by atoms with Crippen molar-refractivity contribution >= 4 is 11.5 Å². The molecule has 0 unspecified atom stereocenters. The average Bonchev–Trinajstić information content (AvgIpc) is 2.88. The first-order valence-corrected chi connectivity index (χ1v) is 7.90. The van der Waals surface area contributed by atoms with Crippen LogP contribution in [0.5, 0.6) is 5.75 Å². The van der Waals surface area contributed by atoms with Crippen molar-refractivity contribution in [3.63, 3.8) is 0 Å². The normalized spacial score (nSPS) is 11.0. The minimum Gasteiger partial charge on any atom is -0.496 e. The summed E-state index contributed by atoms with van der Waals surface area (Å²) in [5, 5.41) is 8.12. The average molecular weight is 310 g/mol. The summed E-state index contributed by atoms with van der Waals surface area (Å²) in [4.78, 5) is 4.72. The maximum absolute atomic E-state index is 5.52. The molecule has 2 heterocycles. The van der Waals surface area contributed by atoms with Gasteiger partial charge in [-0.25, -0.2) is 4.98 Å². The van der Waals surface area contributed by atoms with Crippen molar-refractivity contribution < 1.29 is 4.74 Å². The minimum absolute atomic E-state index is 0.830. The molecule has 3 rings (SSSR count). The lowest BCUT2D eigenvalue weighted by Crippen LogP contribution is -2.07. The van der Waals surface area contributed by atoms with Gasteiger partial charge in [0, 0.05) is 23.9 Å². The molecule has 0 aliphatic carbocycles. The number of rotatable bonds is 5. The van der Waals surface area contributed by atoms with E-state index in [9.17, 15) is 0 Å². The van der Waals surface area contributed by atoms with E-state index in [1.54, 1.807) is 7.11 Å². The van der Waals surface area contributed by atoms with Crippen LogP contribution in [0.1, 0.15) is 24.7 Å². The lowest BCUT2D eigenvalue weighted by atomic mass is 10.1. The van der Waals surface area contributed by atoms with Crippen molar-refractivity contribution in [3.8, 4) is 16.9 Å². The molecular formula is C18H22N4O. The fourth-order valence-electron chi connectivity index (χ4n) is 2.79. The number of benzene rings is 1. The van der Waals surface area contributed by atoms with Crippen LogP contribution in [0.15, 0.2) is 30.3 Å². The van der Waals surface area contributed by atoms with E-state index in [1.165, 1.54) is 0 Å². The number of hydrogen-bond donors (Lipinski definition) is 1. The van der Waals surface area contributed by atoms with Gasteiger partial charge in [0.1, 0.15) is 11.6 Å². The van der Waals surface area contributed by atoms with Crippen molar-refractivity contribution in [1.82, 2.24) is 14.6 Å². The van der Waals surface area contributed by atoms with Gasteiger partial charge in [-0.15, -0.1) is 0 Å². The Morgan fingerprint density at radius 3 is 2.74 bits per heavy atom. The Labute approximate surface area is 136 Å². The van der Waals surface area contributed by atoms with Gasteiger partial charge in [-0.05, 0) is 26.3 Å². The van der Waals surface area contributed by atoms with E-state index < -0.39 is 0 Å². The quantitative estimate of drug-likeness (QED) is 0.778. The van der Waals surface area contributed by atoms with Crippen LogP contribution in [0.3, 0.4) is 0 Å². The van der Waals surface area contributed by atoms with Crippen LogP contribution in [-0.4, -0.2) is 28.3 Å². The van der Waals surface area contributed by atoms with Gasteiger partial charge in [0.05, 0.1) is 18.4 Å². The number of para-hydroxylation sites is 1. The van der Waals surface area contributed by atoms with Crippen LogP contribution >= 0.6 is 0 Å². The Balaban J connectivity index is 2.26. The van der Waals surface area contributed by atoms with Crippen LogP contribution < -0.4 is 10.1 Å². The van der Waals surface area contributed by atoms with Crippen LogP contribution in [-0.2, 0) is 0 Å². The number of nitrogens with one attached hydrogen (secondary N) is 1. The molecule has 5 nitrogen and oxygen atoms in total. The summed E-state index contributed by atoms with van der Waals surface area (Å²) in [5.74, 6) is 1.80. The number of aromatic nitrogens is 3. The van der Waals surface area contributed by atoms with Gasteiger partial charge in [0.2, 0.25) is 0 Å². The molecule has 3 aromatic rings. The highest BCUT2D eigenvalue weighted by Gasteiger charge is 2.18. The number of fused-ring (bicyclic) bond motifs is 1. The van der Waals surface area contributed by atoms with Gasteiger partial charge in [-0.3, -0.25) is 0 Å². The third-order valence-corrected chi connectivity index (χ3v) is 3.82. The maximum atomic E-state index is 5.52. The molecular weight excluding hydrogens is 288 g/mol. The molecule has 0 aliphatic heterocycles. The lowest BCUT2D eigenvalue weighted by Gasteiger charge is -2.10. The number of aryl methyl sites for hydroxylation is 2. The van der Waals surface area contributed by atoms with Crippen molar-refractivity contribution in [1.29, 1.82) is 0 Å². The Kier molecular flexibility index (Phi) is 4.19. The molecule has 23 heavy (non-hydrogen) atoms. The molecule has 120 valence electrons. The predicted octanol–water partition coefficient (Wildman–Crippen LogP) is 3.84. The second-order valence-electron chi connectivity index (χ2n) is 5.61. The molecule has 0 atom stereocenters. The van der Waals surface area contributed by atoms with E-state index >= 15 is 0 Å². The van der Waals surface area contributed by atoms with Crippen molar-refractivity contribution in [2.75, 3.05) is 19.0 Å². The predicted molar refractivity (Wildman–Crippen MR) is 93.2 cm³/mol.